The van der Waals surface area contributed by atoms with Crippen LogP contribution in [-0.2, 0) is 9.53 Å². The SMILES string of the molecule is CC1(C)[C@@H]2CC[C@]1(C)[C@H](OC(=O)CBr)C2. The van der Waals surface area contributed by atoms with Crippen molar-refractivity contribution in [2.24, 2.45) is 16.7 Å². The van der Waals surface area contributed by atoms with E-state index < -0.39 is 0 Å². The largest absolute Gasteiger partial charge is 0.461 e. The van der Waals surface area contributed by atoms with E-state index >= 15 is 0 Å². The lowest BCUT2D eigenvalue weighted by Crippen LogP contribution is -2.38. The first-order valence-corrected chi connectivity index (χ1v) is 6.79. The van der Waals surface area contributed by atoms with Gasteiger partial charge in [-0.2, -0.15) is 0 Å². The Kier molecular flexibility index (Phi) is 2.65. The zero-order chi connectivity index (χ0) is 11.3. The van der Waals surface area contributed by atoms with Gasteiger partial charge >= 0.3 is 5.97 Å². The maximum atomic E-state index is 11.3. The predicted octanol–water partition coefficient (Wildman–Crippen LogP) is 3.14. The summed E-state index contributed by atoms with van der Waals surface area (Å²) in [6, 6.07) is 0. The smallest absolute Gasteiger partial charge is 0.316 e. The van der Waals surface area contributed by atoms with Crippen LogP contribution in [0.3, 0.4) is 0 Å². The summed E-state index contributed by atoms with van der Waals surface area (Å²) in [6.07, 6.45) is 3.69. The average molecular weight is 275 g/mol. The molecule has 0 aromatic heterocycles. The van der Waals surface area contributed by atoms with E-state index in [9.17, 15) is 4.79 Å². The van der Waals surface area contributed by atoms with E-state index in [0.717, 1.165) is 12.3 Å². The molecule has 86 valence electrons. The number of alkyl halides is 1. The number of halogens is 1. The average Bonchev–Trinajstić information content (AvgIpc) is 2.50. The Bertz CT molecular complexity index is 287. The van der Waals surface area contributed by atoms with Gasteiger partial charge in [-0.05, 0) is 30.6 Å². The molecule has 0 unspecified atom stereocenters. The van der Waals surface area contributed by atoms with Gasteiger partial charge in [0.25, 0.3) is 0 Å². The van der Waals surface area contributed by atoms with Crippen molar-refractivity contribution in [2.45, 2.75) is 46.1 Å². The Hall–Kier alpha value is -0.0500. The number of hydrogen-bond donors (Lipinski definition) is 0. The highest BCUT2D eigenvalue weighted by Crippen LogP contribution is 2.66. The molecule has 0 aromatic rings. The van der Waals surface area contributed by atoms with Gasteiger partial charge < -0.3 is 4.74 Å². The summed E-state index contributed by atoms with van der Waals surface area (Å²) in [6.45, 7) is 6.94. The Morgan fingerprint density at radius 2 is 2.13 bits per heavy atom. The van der Waals surface area contributed by atoms with Crippen LogP contribution in [0.1, 0.15) is 40.0 Å². The molecule has 0 heterocycles. The lowest BCUT2D eigenvalue weighted by atomic mass is 9.70. The number of ether oxygens (including phenoxy) is 1. The molecule has 15 heavy (non-hydrogen) atoms. The molecule has 2 aliphatic rings. The van der Waals surface area contributed by atoms with E-state index in [-0.39, 0.29) is 17.5 Å². The zero-order valence-electron chi connectivity index (χ0n) is 9.68. The van der Waals surface area contributed by atoms with E-state index in [2.05, 4.69) is 36.7 Å². The second kappa shape index (κ2) is 3.47. The summed E-state index contributed by atoms with van der Waals surface area (Å²) in [7, 11) is 0. The topological polar surface area (TPSA) is 26.3 Å². The summed E-state index contributed by atoms with van der Waals surface area (Å²) in [5.74, 6) is 0.611. The van der Waals surface area contributed by atoms with Crippen molar-refractivity contribution in [2.75, 3.05) is 5.33 Å². The van der Waals surface area contributed by atoms with E-state index in [0.29, 0.717) is 10.7 Å². The Morgan fingerprint density at radius 1 is 1.47 bits per heavy atom. The first-order valence-electron chi connectivity index (χ1n) is 5.67. The molecule has 2 saturated carbocycles. The quantitative estimate of drug-likeness (QED) is 0.571. The molecular formula is C12H19BrO2. The lowest BCUT2D eigenvalue weighted by Gasteiger charge is -2.38. The molecule has 0 aromatic carbocycles. The molecule has 2 aliphatic carbocycles. The Balaban J connectivity index is 2.15. The first kappa shape index (κ1) is 11.4. The minimum Gasteiger partial charge on any atom is -0.461 e. The molecule has 0 amide bonds. The molecule has 0 N–H and O–H groups in total. The fourth-order valence-corrected chi connectivity index (χ4v) is 3.63. The molecule has 2 rings (SSSR count). The second-order valence-electron chi connectivity index (χ2n) is 5.72. The van der Waals surface area contributed by atoms with Gasteiger partial charge in [-0.15, -0.1) is 0 Å². The molecule has 3 heteroatoms. The van der Waals surface area contributed by atoms with Crippen LogP contribution in [0.25, 0.3) is 0 Å². The molecule has 0 saturated heterocycles. The molecule has 0 spiro atoms. The highest BCUT2D eigenvalue weighted by Gasteiger charge is 2.62. The second-order valence-corrected chi connectivity index (χ2v) is 6.28. The number of hydrogen-bond acceptors (Lipinski definition) is 2. The summed E-state index contributed by atoms with van der Waals surface area (Å²) >= 11 is 3.15. The zero-order valence-corrected chi connectivity index (χ0v) is 11.3. The van der Waals surface area contributed by atoms with Gasteiger partial charge in [-0.3, -0.25) is 4.79 Å². The molecule has 2 fully saturated rings. The first-order chi connectivity index (χ1) is 6.91. The molecule has 2 nitrogen and oxygen atoms in total. The van der Waals surface area contributed by atoms with E-state index in [1.165, 1.54) is 12.8 Å². The van der Waals surface area contributed by atoms with E-state index in [1.54, 1.807) is 0 Å². The normalized spacial score (nSPS) is 41.9. The molecule has 0 aliphatic heterocycles. The maximum Gasteiger partial charge on any atom is 0.316 e. The fraction of sp³-hybridized carbons (Fsp3) is 0.917. The summed E-state index contributed by atoms with van der Waals surface area (Å²) < 4.78 is 5.55. The highest BCUT2D eigenvalue weighted by atomic mass is 79.9. The number of esters is 1. The van der Waals surface area contributed by atoms with E-state index in [1.807, 2.05) is 0 Å². The van der Waals surface area contributed by atoms with Gasteiger partial charge in [0.1, 0.15) is 11.4 Å². The van der Waals surface area contributed by atoms with Gasteiger partial charge in [-0.1, -0.05) is 36.7 Å². The monoisotopic (exact) mass is 274 g/mol. The van der Waals surface area contributed by atoms with E-state index in [4.69, 9.17) is 4.74 Å². The van der Waals surface area contributed by atoms with Crippen LogP contribution < -0.4 is 0 Å². The van der Waals surface area contributed by atoms with Crippen LogP contribution in [0.15, 0.2) is 0 Å². The van der Waals surface area contributed by atoms with Gasteiger partial charge in [0.2, 0.25) is 0 Å². The van der Waals surface area contributed by atoms with Gasteiger partial charge in [0.05, 0.1) is 0 Å². The molecule has 0 radical (unpaired) electrons. The van der Waals surface area contributed by atoms with Gasteiger partial charge in [0.15, 0.2) is 0 Å². The fourth-order valence-electron chi connectivity index (χ4n) is 3.50. The summed E-state index contributed by atoms with van der Waals surface area (Å²) in [4.78, 5) is 11.3. The Labute approximate surface area is 99.9 Å². The third kappa shape index (κ3) is 1.46. The van der Waals surface area contributed by atoms with Crippen molar-refractivity contribution in [3.63, 3.8) is 0 Å². The third-order valence-corrected chi connectivity index (χ3v) is 5.55. The van der Waals surface area contributed by atoms with Crippen molar-refractivity contribution in [1.82, 2.24) is 0 Å². The number of carbonyl (C=O) groups is 1. The van der Waals surface area contributed by atoms with Crippen LogP contribution in [0.4, 0.5) is 0 Å². The number of carbonyl (C=O) groups excluding carboxylic acids is 1. The minimum absolute atomic E-state index is 0.121. The van der Waals surface area contributed by atoms with Crippen LogP contribution in [0.5, 0.6) is 0 Å². The highest BCUT2D eigenvalue weighted by molar-refractivity contribution is 9.09. The molecule has 2 bridgehead atoms. The lowest BCUT2D eigenvalue weighted by molar-refractivity contribution is -0.153. The van der Waals surface area contributed by atoms with Crippen LogP contribution in [-0.4, -0.2) is 17.4 Å². The van der Waals surface area contributed by atoms with Crippen LogP contribution in [0, 0.1) is 16.7 Å². The van der Waals surface area contributed by atoms with Crippen LogP contribution >= 0.6 is 15.9 Å². The molecule has 3 atom stereocenters. The summed E-state index contributed by atoms with van der Waals surface area (Å²) in [5, 5.41) is 0.310. The van der Waals surface area contributed by atoms with Crippen molar-refractivity contribution < 1.29 is 9.53 Å². The standard InChI is InChI=1S/C12H19BrO2/c1-11(2)8-4-5-12(11,3)9(6-8)15-10(14)7-13/h8-9H,4-7H2,1-3H3/t8-,9-,12-/m1/s1. The van der Waals surface area contributed by atoms with Crippen molar-refractivity contribution >= 4 is 21.9 Å². The summed E-state index contributed by atoms with van der Waals surface area (Å²) in [5.41, 5.74) is 0.514. The van der Waals surface area contributed by atoms with Crippen molar-refractivity contribution in [1.29, 1.82) is 0 Å². The minimum atomic E-state index is -0.121. The van der Waals surface area contributed by atoms with Crippen molar-refractivity contribution in [3.8, 4) is 0 Å². The van der Waals surface area contributed by atoms with Gasteiger partial charge in [-0.25, -0.2) is 0 Å². The molecular weight excluding hydrogens is 256 g/mol. The maximum absolute atomic E-state index is 11.3. The van der Waals surface area contributed by atoms with Gasteiger partial charge in [0, 0.05) is 5.41 Å². The van der Waals surface area contributed by atoms with Crippen molar-refractivity contribution in [3.05, 3.63) is 0 Å². The Morgan fingerprint density at radius 3 is 2.53 bits per heavy atom. The van der Waals surface area contributed by atoms with Crippen LogP contribution in [0.2, 0.25) is 0 Å². The third-order valence-electron chi connectivity index (χ3n) is 5.10. The number of fused-ring (bicyclic) bond motifs is 2. The number of rotatable bonds is 2. The predicted molar refractivity (Wildman–Crippen MR) is 62.9 cm³/mol.